The van der Waals surface area contributed by atoms with Crippen molar-refractivity contribution in [1.29, 1.82) is 0 Å². The lowest BCUT2D eigenvalue weighted by molar-refractivity contribution is -0.123. The van der Waals surface area contributed by atoms with Gasteiger partial charge in [-0.15, -0.1) is 0 Å². The number of hydrogen-bond donors (Lipinski definition) is 2. The summed E-state index contributed by atoms with van der Waals surface area (Å²) in [5.41, 5.74) is 9.22. The number of thiophene rings is 1. The zero-order valence-corrected chi connectivity index (χ0v) is 14.0. The minimum Gasteiger partial charge on any atom is -0.381 e. The van der Waals surface area contributed by atoms with Crippen molar-refractivity contribution in [1.82, 2.24) is 4.90 Å². The lowest BCUT2D eigenvalue weighted by atomic mass is 9.97. The van der Waals surface area contributed by atoms with E-state index < -0.39 is 0 Å². The first-order chi connectivity index (χ1) is 11.2. The van der Waals surface area contributed by atoms with Gasteiger partial charge in [-0.25, -0.2) is 0 Å². The summed E-state index contributed by atoms with van der Waals surface area (Å²) in [7, 11) is 0. The van der Waals surface area contributed by atoms with Gasteiger partial charge in [-0.1, -0.05) is 18.2 Å². The van der Waals surface area contributed by atoms with Crippen LogP contribution in [-0.2, 0) is 17.9 Å². The predicted octanol–water partition coefficient (Wildman–Crippen LogP) is 3.06. The SMILES string of the molecule is NC(=O)C1CCCN(Cc2ccccc2NCc2ccsc2)C1. The lowest BCUT2D eigenvalue weighted by Crippen LogP contribution is -2.40. The van der Waals surface area contributed by atoms with Gasteiger partial charge in [0.15, 0.2) is 0 Å². The molecule has 2 aromatic rings. The van der Waals surface area contributed by atoms with Crippen LogP contribution in [0.5, 0.6) is 0 Å². The second kappa shape index (κ2) is 7.62. The Bertz CT molecular complexity index is 641. The van der Waals surface area contributed by atoms with Gasteiger partial charge >= 0.3 is 0 Å². The molecule has 23 heavy (non-hydrogen) atoms. The number of para-hydroxylation sites is 1. The van der Waals surface area contributed by atoms with E-state index in [1.165, 1.54) is 16.8 Å². The zero-order chi connectivity index (χ0) is 16.1. The first-order valence-corrected chi connectivity index (χ1v) is 9.01. The number of rotatable bonds is 6. The van der Waals surface area contributed by atoms with Crippen molar-refractivity contribution < 1.29 is 4.79 Å². The predicted molar refractivity (Wildman–Crippen MR) is 95.3 cm³/mol. The summed E-state index contributed by atoms with van der Waals surface area (Å²) >= 11 is 1.72. The molecule has 1 aromatic heterocycles. The number of nitrogens with two attached hydrogens (primary N) is 1. The standard InChI is InChI=1S/C18H23N3OS/c19-18(22)16-5-3-8-21(12-16)11-15-4-1-2-6-17(15)20-10-14-7-9-23-13-14/h1-2,4,6-7,9,13,16,20H,3,5,8,10-12H2,(H2,19,22). The molecule has 1 aliphatic heterocycles. The molecule has 1 amide bonds. The maximum Gasteiger partial charge on any atom is 0.221 e. The van der Waals surface area contributed by atoms with Crippen molar-refractivity contribution in [3.05, 3.63) is 52.2 Å². The van der Waals surface area contributed by atoms with Gasteiger partial charge in [0.25, 0.3) is 0 Å². The number of primary amides is 1. The third kappa shape index (κ3) is 4.33. The first-order valence-electron chi connectivity index (χ1n) is 8.07. The average molecular weight is 329 g/mol. The van der Waals surface area contributed by atoms with E-state index in [9.17, 15) is 4.79 Å². The van der Waals surface area contributed by atoms with Gasteiger partial charge in [-0.2, -0.15) is 11.3 Å². The Balaban J connectivity index is 1.64. The molecule has 1 atom stereocenters. The van der Waals surface area contributed by atoms with E-state index in [1.54, 1.807) is 11.3 Å². The number of anilines is 1. The molecule has 0 bridgehead atoms. The average Bonchev–Trinajstić information content (AvgIpc) is 3.08. The summed E-state index contributed by atoms with van der Waals surface area (Å²) in [6.45, 7) is 3.50. The Morgan fingerprint density at radius 1 is 1.35 bits per heavy atom. The molecular weight excluding hydrogens is 306 g/mol. The van der Waals surface area contributed by atoms with Crippen molar-refractivity contribution in [2.45, 2.75) is 25.9 Å². The van der Waals surface area contributed by atoms with Crippen molar-refractivity contribution in [3.8, 4) is 0 Å². The quantitative estimate of drug-likeness (QED) is 0.856. The van der Waals surface area contributed by atoms with Crippen LogP contribution >= 0.6 is 11.3 Å². The van der Waals surface area contributed by atoms with Crippen LogP contribution in [0.15, 0.2) is 41.1 Å². The Morgan fingerprint density at radius 2 is 2.22 bits per heavy atom. The summed E-state index contributed by atoms with van der Waals surface area (Å²) in [5.74, 6) is -0.173. The number of nitrogens with zero attached hydrogens (tertiary/aromatic N) is 1. The molecule has 0 spiro atoms. The fourth-order valence-corrected chi connectivity index (χ4v) is 3.76. The highest BCUT2D eigenvalue weighted by Gasteiger charge is 2.24. The molecule has 4 nitrogen and oxygen atoms in total. The number of carbonyl (C=O) groups excluding carboxylic acids is 1. The fraction of sp³-hybridized carbons (Fsp3) is 0.389. The summed E-state index contributed by atoms with van der Waals surface area (Å²) in [6.07, 6.45) is 1.96. The largest absolute Gasteiger partial charge is 0.381 e. The smallest absolute Gasteiger partial charge is 0.221 e. The minimum absolute atomic E-state index is 0.00493. The topological polar surface area (TPSA) is 58.4 Å². The molecule has 1 saturated heterocycles. The molecule has 1 aliphatic rings. The summed E-state index contributed by atoms with van der Waals surface area (Å²) in [5, 5.41) is 7.79. The maximum absolute atomic E-state index is 11.4. The Kier molecular flexibility index (Phi) is 5.31. The number of piperidine rings is 1. The van der Waals surface area contributed by atoms with Crippen molar-refractivity contribution in [2.24, 2.45) is 11.7 Å². The molecule has 1 aromatic carbocycles. The molecule has 3 N–H and O–H groups in total. The highest BCUT2D eigenvalue weighted by atomic mass is 32.1. The number of carbonyl (C=O) groups is 1. The van der Waals surface area contributed by atoms with Gasteiger partial charge in [0.05, 0.1) is 5.92 Å². The maximum atomic E-state index is 11.4. The van der Waals surface area contributed by atoms with Gasteiger partial charge < -0.3 is 11.1 Å². The summed E-state index contributed by atoms with van der Waals surface area (Å²) in [6, 6.07) is 10.5. The molecule has 0 radical (unpaired) electrons. The fourth-order valence-electron chi connectivity index (χ4n) is 3.09. The van der Waals surface area contributed by atoms with E-state index in [0.29, 0.717) is 0 Å². The Morgan fingerprint density at radius 3 is 3.00 bits per heavy atom. The van der Waals surface area contributed by atoms with Crippen LogP contribution in [0.1, 0.15) is 24.0 Å². The minimum atomic E-state index is -0.168. The molecule has 1 fully saturated rings. The van der Waals surface area contributed by atoms with E-state index >= 15 is 0 Å². The van der Waals surface area contributed by atoms with Crippen LogP contribution in [0.4, 0.5) is 5.69 Å². The van der Waals surface area contributed by atoms with Crippen LogP contribution in [0.25, 0.3) is 0 Å². The highest BCUT2D eigenvalue weighted by Crippen LogP contribution is 2.22. The number of benzene rings is 1. The molecule has 0 aliphatic carbocycles. The van der Waals surface area contributed by atoms with Crippen LogP contribution in [-0.4, -0.2) is 23.9 Å². The van der Waals surface area contributed by atoms with Gasteiger partial charge in [0.2, 0.25) is 5.91 Å². The summed E-state index contributed by atoms with van der Waals surface area (Å²) in [4.78, 5) is 13.8. The highest BCUT2D eigenvalue weighted by molar-refractivity contribution is 7.07. The van der Waals surface area contributed by atoms with Crippen LogP contribution in [0.2, 0.25) is 0 Å². The molecular formula is C18H23N3OS. The monoisotopic (exact) mass is 329 g/mol. The van der Waals surface area contributed by atoms with E-state index in [0.717, 1.165) is 39.0 Å². The van der Waals surface area contributed by atoms with Gasteiger partial charge in [-0.3, -0.25) is 9.69 Å². The second-order valence-electron chi connectivity index (χ2n) is 6.12. The number of likely N-dealkylation sites (tertiary alicyclic amines) is 1. The number of nitrogens with one attached hydrogen (secondary N) is 1. The van der Waals surface area contributed by atoms with Crippen molar-refractivity contribution >= 4 is 22.9 Å². The Hall–Kier alpha value is -1.85. The van der Waals surface area contributed by atoms with E-state index in [2.05, 4.69) is 51.3 Å². The Labute approximate surface area is 141 Å². The molecule has 3 rings (SSSR count). The molecule has 0 saturated carbocycles. The van der Waals surface area contributed by atoms with Crippen LogP contribution in [0, 0.1) is 5.92 Å². The second-order valence-corrected chi connectivity index (χ2v) is 6.90. The third-order valence-corrected chi connectivity index (χ3v) is 5.11. The molecule has 5 heteroatoms. The van der Waals surface area contributed by atoms with Crippen molar-refractivity contribution in [2.75, 3.05) is 18.4 Å². The van der Waals surface area contributed by atoms with E-state index in [-0.39, 0.29) is 11.8 Å². The van der Waals surface area contributed by atoms with Gasteiger partial charge in [-0.05, 0) is 53.4 Å². The molecule has 122 valence electrons. The van der Waals surface area contributed by atoms with Crippen molar-refractivity contribution in [3.63, 3.8) is 0 Å². The van der Waals surface area contributed by atoms with Gasteiger partial charge in [0.1, 0.15) is 0 Å². The normalized spacial score (nSPS) is 18.7. The lowest BCUT2D eigenvalue weighted by Gasteiger charge is -2.31. The summed E-state index contributed by atoms with van der Waals surface area (Å²) < 4.78 is 0. The molecule has 2 heterocycles. The van der Waals surface area contributed by atoms with E-state index in [4.69, 9.17) is 5.73 Å². The van der Waals surface area contributed by atoms with E-state index in [1.807, 2.05) is 0 Å². The van der Waals surface area contributed by atoms with Crippen LogP contribution in [0.3, 0.4) is 0 Å². The number of amides is 1. The van der Waals surface area contributed by atoms with Crippen LogP contribution < -0.4 is 11.1 Å². The molecule has 1 unspecified atom stereocenters. The first kappa shape index (κ1) is 16.0. The third-order valence-electron chi connectivity index (χ3n) is 4.38. The van der Waals surface area contributed by atoms with Gasteiger partial charge in [0, 0.05) is 25.3 Å². The zero-order valence-electron chi connectivity index (χ0n) is 13.2. The number of hydrogen-bond acceptors (Lipinski definition) is 4.